The number of aromatic nitrogens is 2. The monoisotopic (exact) mass is 307 g/mol. The minimum Gasteiger partial charge on any atom is -0.328 e. The highest BCUT2D eigenvalue weighted by molar-refractivity contribution is 9.10. The summed E-state index contributed by atoms with van der Waals surface area (Å²) in [6.07, 6.45) is 0.848. The molecule has 1 aromatic carbocycles. The fourth-order valence-electron chi connectivity index (χ4n) is 2.13. The van der Waals surface area contributed by atoms with Crippen molar-refractivity contribution in [1.29, 1.82) is 0 Å². The standard InChI is InChI=1S/C14H18BrN3/c1-9(16)6-12-4-5-13(15)8-14(12)18-11(3)7-10(2)17-18/h4-5,7-9H,6,16H2,1-3H3. The predicted octanol–water partition coefficient (Wildman–Crippen LogP) is 3.14. The van der Waals surface area contributed by atoms with E-state index in [9.17, 15) is 0 Å². The second-order valence-corrected chi connectivity index (χ2v) is 5.71. The van der Waals surface area contributed by atoms with E-state index in [0.717, 1.165) is 28.0 Å². The molecule has 0 radical (unpaired) electrons. The van der Waals surface area contributed by atoms with Crippen LogP contribution in [0.1, 0.15) is 23.9 Å². The highest BCUT2D eigenvalue weighted by Gasteiger charge is 2.11. The quantitative estimate of drug-likeness (QED) is 0.946. The zero-order valence-electron chi connectivity index (χ0n) is 10.9. The van der Waals surface area contributed by atoms with Gasteiger partial charge in [0.1, 0.15) is 0 Å². The molecule has 0 saturated carbocycles. The molecule has 1 aromatic heterocycles. The van der Waals surface area contributed by atoms with Crippen LogP contribution in [-0.4, -0.2) is 15.8 Å². The summed E-state index contributed by atoms with van der Waals surface area (Å²) in [5, 5.41) is 4.54. The Morgan fingerprint density at radius 1 is 1.33 bits per heavy atom. The fraction of sp³-hybridized carbons (Fsp3) is 0.357. The van der Waals surface area contributed by atoms with Crippen LogP contribution in [0.4, 0.5) is 0 Å². The number of rotatable bonds is 3. The molecule has 0 bridgehead atoms. The van der Waals surface area contributed by atoms with Gasteiger partial charge in [0, 0.05) is 16.2 Å². The van der Waals surface area contributed by atoms with Gasteiger partial charge in [0.2, 0.25) is 0 Å². The van der Waals surface area contributed by atoms with Crippen molar-refractivity contribution in [3.05, 3.63) is 45.7 Å². The number of hydrogen-bond donors (Lipinski definition) is 1. The van der Waals surface area contributed by atoms with Gasteiger partial charge in [-0.2, -0.15) is 5.10 Å². The SMILES string of the molecule is Cc1cc(C)n(-c2cc(Br)ccc2CC(C)N)n1. The first-order chi connectivity index (χ1) is 8.47. The predicted molar refractivity (Wildman–Crippen MR) is 78.1 cm³/mol. The van der Waals surface area contributed by atoms with Crippen LogP contribution in [-0.2, 0) is 6.42 Å². The molecule has 4 heteroatoms. The molecule has 0 aliphatic carbocycles. The molecule has 0 fully saturated rings. The first-order valence-corrected chi connectivity index (χ1v) is 6.84. The molecule has 0 amide bonds. The van der Waals surface area contributed by atoms with E-state index in [1.165, 1.54) is 5.56 Å². The Morgan fingerprint density at radius 3 is 2.61 bits per heavy atom. The number of aryl methyl sites for hydroxylation is 2. The Kier molecular flexibility index (Phi) is 3.88. The van der Waals surface area contributed by atoms with Crippen LogP contribution in [0.15, 0.2) is 28.7 Å². The lowest BCUT2D eigenvalue weighted by molar-refractivity contribution is 0.723. The van der Waals surface area contributed by atoms with E-state index >= 15 is 0 Å². The van der Waals surface area contributed by atoms with Gasteiger partial charge in [-0.05, 0) is 51.0 Å². The van der Waals surface area contributed by atoms with Crippen molar-refractivity contribution in [2.24, 2.45) is 5.73 Å². The molecule has 0 aliphatic heterocycles. The van der Waals surface area contributed by atoms with E-state index in [2.05, 4.69) is 46.2 Å². The zero-order chi connectivity index (χ0) is 13.3. The van der Waals surface area contributed by atoms with E-state index in [1.54, 1.807) is 0 Å². The molecule has 1 unspecified atom stereocenters. The third-order valence-electron chi connectivity index (χ3n) is 2.83. The molecule has 2 N–H and O–H groups in total. The van der Waals surface area contributed by atoms with Crippen LogP contribution in [0.5, 0.6) is 0 Å². The van der Waals surface area contributed by atoms with E-state index in [-0.39, 0.29) is 6.04 Å². The van der Waals surface area contributed by atoms with Gasteiger partial charge < -0.3 is 5.73 Å². The summed E-state index contributed by atoms with van der Waals surface area (Å²) < 4.78 is 3.04. The molecule has 0 aliphatic rings. The van der Waals surface area contributed by atoms with Gasteiger partial charge in [-0.1, -0.05) is 22.0 Å². The van der Waals surface area contributed by atoms with Gasteiger partial charge in [-0.3, -0.25) is 0 Å². The highest BCUT2D eigenvalue weighted by Crippen LogP contribution is 2.22. The summed E-state index contributed by atoms with van der Waals surface area (Å²) in [6.45, 7) is 6.09. The maximum absolute atomic E-state index is 5.91. The van der Waals surface area contributed by atoms with Gasteiger partial charge >= 0.3 is 0 Å². The van der Waals surface area contributed by atoms with Gasteiger partial charge in [0.15, 0.2) is 0 Å². The molecule has 0 spiro atoms. The first-order valence-electron chi connectivity index (χ1n) is 6.05. The lowest BCUT2D eigenvalue weighted by Gasteiger charge is -2.13. The topological polar surface area (TPSA) is 43.8 Å². The molecular formula is C14H18BrN3. The van der Waals surface area contributed by atoms with Crippen LogP contribution in [0, 0.1) is 13.8 Å². The first kappa shape index (κ1) is 13.3. The summed E-state index contributed by atoms with van der Waals surface area (Å²) in [5.74, 6) is 0. The molecule has 96 valence electrons. The summed E-state index contributed by atoms with van der Waals surface area (Å²) in [7, 11) is 0. The van der Waals surface area contributed by atoms with Crippen LogP contribution < -0.4 is 5.73 Å². The second-order valence-electron chi connectivity index (χ2n) is 4.79. The maximum Gasteiger partial charge on any atom is 0.0692 e. The highest BCUT2D eigenvalue weighted by atomic mass is 79.9. The minimum absolute atomic E-state index is 0.141. The molecule has 18 heavy (non-hydrogen) atoms. The van der Waals surface area contributed by atoms with Crippen LogP contribution in [0.3, 0.4) is 0 Å². The number of hydrogen-bond acceptors (Lipinski definition) is 2. The van der Waals surface area contributed by atoms with E-state index < -0.39 is 0 Å². The molecule has 2 rings (SSSR count). The molecule has 2 aromatic rings. The summed E-state index contributed by atoms with van der Waals surface area (Å²) in [4.78, 5) is 0. The van der Waals surface area contributed by atoms with Crippen LogP contribution >= 0.6 is 15.9 Å². The van der Waals surface area contributed by atoms with Crippen molar-refractivity contribution in [3.63, 3.8) is 0 Å². The average Bonchev–Trinajstić information content (AvgIpc) is 2.60. The normalized spacial score (nSPS) is 12.7. The molecule has 3 nitrogen and oxygen atoms in total. The third kappa shape index (κ3) is 2.82. The molecule has 1 atom stereocenters. The molecule has 0 saturated heterocycles. The van der Waals surface area contributed by atoms with Gasteiger partial charge in [0.25, 0.3) is 0 Å². The van der Waals surface area contributed by atoms with Gasteiger partial charge in [-0.15, -0.1) is 0 Å². The Morgan fingerprint density at radius 2 is 2.06 bits per heavy atom. The lowest BCUT2D eigenvalue weighted by Crippen LogP contribution is -2.19. The van der Waals surface area contributed by atoms with Gasteiger partial charge in [-0.25, -0.2) is 4.68 Å². The second kappa shape index (κ2) is 5.24. The Hall–Kier alpha value is -1.13. The Balaban J connectivity index is 2.54. The van der Waals surface area contributed by atoms with E-state index in [1.807, 2.05) is 24.6 Å². The third-order valence-corrected chi connectivity index (χ3v) is 3.32. The zero-order valence-corrected chi connectivity index (χ0v) is 12.5. The van der Waals surface area contributed by atoms with Crippen molar-refractivity contribution in [2.75, 3.05) is 0 Å². The number of halogens is 1. The van der Waals surface area contributed by atoms with Crippen molar-refractivity contribution in [2.45, 2.75) is 33.2 Å². The largest absolute Gasteiger partial charge is 0.328 e. The number of nitrogens with zero attached hydrogens (tertiary/aromatic N) is 2. The Bertz CT molecular complexity index is 558. The van der Waals surface area contributed by atoms with E-state index in [0.29, 0.717) is 0 Å². The lowest BCUT2D eigenvalue weighted by atomic mass is 10.1. The van der Waals surface area contributed by atoms with Crippen molar-refractivity contribution in [3.8, 4) is 5.69 Å². The van der Waals surface area contributed by atoms with Gasteiger partial charge in [0.05, 0.1) is 11.4 Å². The number of benzene rings is 1. The maximum atomic E-state index is 5.91. The van der Waals surface area contributed by atoms with E-state index in [4.69, 9.17) is 5.73 Å². The van der Waals surface area contributed by atoms with Crippen LogP contribution in [0.2, 0.25) is 0 Å². The smallest absolute Gasteiger partial charge is 0.0692 e. The summed E-state index contributed by atoms with van der Waals surface area (Å²) in [5.41, 5.74) is 10.4. The molecular weight excluding hydrogens is 290 g/mol. The number of nitrogens with two attached hydrogens (primary N) is 1. The molecule has 1 heterocycles. The summed E-state index contributed by atoms with van der Waals surface area (Å²) in [6, 6.07) is 8.47. The van der Waals surface area contributed by atoms with Crippen molar-refractivity contribution < 1.29 is 0 Å². The van der Waals surface area contributed by atoms with Crippen molar-refractivity contribution in [1.82, 2.24) is 9.78 Å². The Labute approximate surface area is 116 Å². The van der Waals surface area contributed by atoms with Crippen molar-refractivity contribution >= 4 is 15.9 Å². The average molecular weight is 308 g/mol. The fourth-order valence-corrected chi connectivity index (χ4v) is 2.48. The summed E-state index contributed by atoms with van der Waals surface area (Å²) >= 11 is 3.52. The van der Waals surface area contributed by atoms with Crippen LogP contribution in [0.25, 0.3) is 5.69 Å². The minimum atomic E-state index is 0.141.